The summed E-state index contributed by atoms with van der Waals surface area (Å²) in [6.45, 7) is 0. The van der Waals surface area contributed by atoms with Crippen molar-refractivity contribution in [2.24, 2.45) is 0 Å². The highest BCUT2D eigenvalue weighted by atomic mass is 32.2. The Morgan fingerprint density at radius 3 is 2.65 bits per heavy atom. The van der Waals surface area contributed by atoms with Gasteiger partial charge in [-0.05, 0) is 17.7 Å². The van der Waals surface area contributed by atoms with Gasteiger partial charge in [-0.25, -0.2) is 9.97 Å². The Kier molecular flexibility index (Phi) is 4.13. The number of nitrogens with zero attached hydrogens (tertiary/aromatic N) is 2. The Bertz CT molecular complexity index is 879. The molecule has 0 saturated carbocycles. The molecule has 4 rings (SSSR count). The molecule has 0 aliphatic heterocycles. The summed E-state index contributed by atoms with van der Waals surface area (Å²) in [6.07, 6.45) is 0.904. The van der Waals surface area contributed by atoms with Crippen LogP contribution in [0.4, 0.5) is 0 Å². The molecular formula is C18H15N3S2. The number of para-hydroxylation sites is 2. The molecule has 0 aliphatic carbocycles. The molecule has 3 nitrogen and oxygen atoms in total. The first-order valence-corrected chi connectivity index (χ1v) is 9.28. The van der Waals surface area contributed by atoms with Gasteiger partial charge in [0.05, 0.1) is 21.7 Å². The SMILES string of the molecule is c1ccc(Cc2nc(CSc3nc4ccccc4[nH]3)cs2)cc1. The fraction of sp³-hybridized carbons (Fsp3) is 0.111. The predicted octanol–water partition coefficient (Wildman–Crippen LogP) is 4.90. The van der Waals surface area contributed by atoms with Crippen molar-refractivity contribution >= 4 is 34.1 Å². The van der Waals surface area contributed by atoms with Crippen LogP contribution in [-0.4, -0.2) is 15.0 Å². The molecule has 4 aromatic rings. The number of H-pyrrole nitrogens is 1. The molecule has 1 N–H and O–H groups in total. The van der Waals surface area contributed by atoms with E-state index >= 15 is 0 Å². The van der Waals surface area contributed by atoms with Gasteiger partial charge in [0.25, 0.3) is 0 Å². The summed E-state index contributed by atoms with van der Waals surface area (Å²) in [4.78, 5) is 12.7. The van der Waals surface area contributed by atoms with Crippen LogP contribution in [-0.2, 0) is 12.2 Å². The molecule has 2 aromatic heterocycles. The number of aromatic amines is 1. The second kappa shape index (κ2) is 6.56. The summed E-state index contributed by atoms with van der Waals surface area (Å²) in [7, 11) is 0. The quantitative estimate of drug-likeness (QED) is 0.527. The molecule has 0 aliphatic rings. The monoisotopic (exact) mass is 337 g/mol. The maximum atomic E-state index is 4.73. The number of benzene rings is 2. The van der Waals surface area contributed by atoms with E-state index in [0.717, 1.165) is 39.1 Å². The summed E-state index contributed by atoms with van der Waals surface area (Å²) < 4.78 is 0. The maximum Gasteiger partial charge on any atom is 0.166 e. The fourth-order valence-electron chi connectivity index (χ4n) is 2.41. The molecule has 23 heavy (non-hydrogen) atoms. The van der Waals surface area contributed by atoms with Crippen LogP contribution in [0.3, 0.4) is 0 Å². The molecule has 0 unspecified atom stereocenters. The number of rotatable bonds is 5. The lowest BCUT2D eigenvalue weighted by atomic mass is 10.2. The lowest BCUT2D eigenvalue weighted by molar-refractivity contribution is 1.06. The lowest BCUT2D eigenvalue weighted by Crippen LogP contribution is -1.88. The maximum absolute atomic E-state index is 4.73. The summed E-state index contributed by atoms with van der Waals surface area (Å²) in [6, 6.07) is 18.6. The Balaban J connectivity index is 1.41. The van der Waals surface area contributed by atoms with Crippen LogP contribution in [0.5, 0.6) is 0 Å². The van der Waals surface area contributed by atoms with Crippen molar-refractivity contribution < 1.29 is 0 Å². The van der Waals surface area contributed by atoms with Crippen molar-refractivity contribution in [3.05, 3.63) is 76.2 Å². The first-order chi connectivity index (χ1) is 11.4. The number of thiazole rings is 1. The predicted molar refractivity (Wildman–Crippen MR) is 97.0 cm³/mol. The molecule has 0 amide bonds. The van der Waals surface area contributed by atoms with Crippen molar-refractivity contribution in [2.45, 2.75) is 17.3 Å². The molecule has 114 valence electrons. The van der Waals surface area contributed by atoms with Gasteiger partial charge in [-0.3, -0.25) is 0 Å². The number of nitrogens with one attached hydrogen (secondary N) is 1. The number of fused-ring (bicyclic) bond motifs is 1. The van der Waals surface area contributed by atoms with E-state index in [0.29, 0.717) is 0 Å². The van der Waals surface area contributed by atoms with E-state index in [1.165, 1.54) is 5.56 Å². The van der Waals surface area contributed by atoms with Crippen LogP contribution in [0.15, 0.2) is 65.1 Å². The molecule has 0 radical (unpaired) electrons. The summed E-state index contributed by atoms with van der Waals surface area (Å²) in [5.41, 5.74) is 4.51. The molecule has 0 bridgehead atoms. The van der Waals surface area contributed by atoms with Gasteiger partial charge in [0.15, 0.2) is 5.16 Å². The molecule has 0 fully saturated rings. The highest BCUT2D eigenvalue weighted by Gasteiger charge is 2.06. The van der Waals surface area contributed by atoms with Gasteiger partial charge in [-0.2, -0.15) is 0 Å². The van der Waals surface area contributed by atoms with Crippen molar-refractivity contribution in [3.8, 4) is 0 Å². The van der Waals surface area contributed by atoms with E-state index in [9.17, 15) is 0 Å². The van der Waals surface area contributed by atoms with Crippen LogP contribution < -0.4 is 0 Å². The average molecular weight is 337 g/mol. The smallest absolute Gasteiger partial charge is 0.166 e. The van der Waals surface area contributed by atoms with E-state index in [4.69, 9.17) is 4.98 Å². The Morgan fingerprint density at radius 2 is 1.78 bits per heavy atom. The third-order valence-electron chi connectivity index (χ3n) is 3.52. The van der Waals surface area contributed by atoms with Gasteiger partial charge >= 0.3 is 0 Å². The Morgan fingerprint density at radius 1 is 0.957 bits per heavy atom. The first-order valence-electron chi connectivity index (χ1n) is 7.41. The largest absolute Gasteiger partial charge is 0.333 e. The molecule has 2 aromatic carbocycles. The minimum atomic E-state index is 0.838. The highest BCUT2D eigenvalue weighted by molar-refractivity contribution is 7.98. The Labute approximate surface area is 142 Å². The van der Waals surface area contributed by atoms with Crippen molar-refractivity contribution in [2.75, 3.05) is 0 Å². The topological polar surface area (TPSA) is 41.6 Å². The normalized spacial score (nSPS) is 11.1. The van der Waals surface area contributed by atoms with Crippen molar-refractivity contribution in [3.63, 3.8) is 0 Å². The van der Waals surface area contributed by atoms with E-state index in [1.54, 1.807) is 23.1 Å². The average Bonchev–Trinajstić information content (AvgIpc) is 3.20. The van der Waals surface area contributed by atoms with Gasteiger partial charge in [-0.15, -0.1) is 11.3 Å². The number of thioether (sulfide) groups is 1. The van der Waals surface area contributed by atoms with Gasteiger partial charge in [0.1, 0.15) is 0 Å². The molecule has 0 saturated heterocycles. The van der Waals surface area contributed by atoms with Crippen LogP contribution in [0.1, 0.15) is 16.3 Å². The van der Waals surface area contributed by atoms with E-state index in [2.05, 4.69) is 39.6 Å². The lowest BCUT2D eigenvalue weighted by Gasteiger charge is -1.96. The summed E-state index contributed by atoms with van der Waals surface area (Å²) in [5.74, 6) is 0.838. The molecule has 2 heterocycles. The van der Waals surface area contributed by atoms with Crippen LogP contribution >= 0.6 is 23.1 Å². The van der Waals surface area contributed by atoms with E-state index in [1.807, 2.05) is 30.3 Å². The second-order valence-electron chi connectivity index (χ2n) is 5.24. The fourth-order valence-corrected chi connectivity index (χ4v) is 4.12. The van der Waals surface area contributed by atoms with Crippen LogP contribution in [0.2, 0.25) is 0 Å². The Hall–Kier alpha value is -2.11. The standard InChI is InChI=1S/C18H15N3S2/c1-2-6-13(7-3-1)10-17-19-14(11-22-17)12-23-18-20-15-8-4-5-9-16(15)21-18/h1-9,11H,10,12H2,(H,20,21). The number of hydrogen-bond donors (Lipinski definition) is 1. The van der Waals surface area contributed by atoms with E-state index in [-0.39, 0.29) is 0 Å². The van der Waals surface area contributed by atoms with Crippen molar-refractivity contribution in [1.82, 2.24) is 15.0 Å². The minimum absolute atomic E-state index is 0.838. The first kappa shape index (κ1) is 14.5. The number of imidazole rings is 1. The molecular weight excluding hydrogens is 322 g/mol. The van der Waals surface area contributed by atoms with Gasteiger partial charge < -0.3 is 4.98 Å². The zero-order valence-corrected chi connectivity index (χ0v) is 14.0. The highest BCUT2D eigenvalue weighted by Crippen LogP contribution is 2.24. The molecule has 0 atom stereocenters. The second-order valence-corrected chi connectivity index (χ2v) is 7.15. The minimum Gasteiger partial charge on any atom is -0.333 e. The molecule has 5 heteroatoms. The van der Waals surface area contributed by atoms with Crippen LogP contribution in [0.25, 0.3) is 11.0 Å². The zero-order chi connectivity index (χ0) is 15.5. The van der Waals surface area contributed by atoms with Gasteiger partial charge in [0.2, 0.25) is 0 Å². The van der Waals surface area contributed by atoms with Crippen molar-refractivity contribution in [1.29, 1.82) is 0 Å². The summed E-state index contributed by atoms with van der Waals surface area (Å²) >= 11 is 3.43. The third-order valence-corrected chi connectivity index (χ3v) is 5.33. The van der Waals surface area contributed by atoms with Crippen LogP contribution in [0, 0.1) is 0 Å². The van der Waals surface area contributed by atoms with E-state index < -0.39 is 0 Å². The summed E-state index contributed by atoms with van der Waals surface area (Å²) in [5, 5.41) is 4.26. The van der Waals surface area contributed by atoms with Gasteiger partial charge in [0, 0.05) is 17.6 Å². The number of hydrogen-bond acceptors (Lipinski definition) is 4. The molecule has 0 spiro atoms. The number of aromatic nitrogens is 3. The zero-order valence-electron chi connectivity index (χ0n) is 12.4. The third kappa shape index (κ3) is 3.46. The van der Waals surface area contributed by atoms with Gasteiger partial charge in [-0.1, -0.05) is 54.2 Å².